The first-order chi connectivity index (χ1) is 8.40. The minimum absolute atomic E-state index is 0.383. The summed E-state index contributed by atoms with van der Waals surface area (Å²) in [6.07, 6.45) is 0. The molecule has 0 saturated heterocycles. The van der Waals surface area contributed by atoms with Crippen LogP contribution >= 0.6 is 46.4 Å². The summed E-state index contributed by atoms with van der Waals surface area (Å²) in [4.78, 5) is 0. The maximum atomic E-state index is 6.14. The molecule has 0 bridgehead atoms. The third-order valence-electron chi connectivity index (χ3n) is 2.38. The molecular formula is C12H8Cl4N2. The fraction of sp³-hybridized carbons (Fsp3) is 0. The van der Waals surface area contributed by atoms with Crippen molar-refractivity contribution in [2.24, 2.45) is 0 Å². The average molecular weight is 322 g/mol. The summed E-state index contributed by atoms with van der Waals surface area (Å²) < 4.78 is 0. The largest absolute Gasteiger partial charge is 0.399 e. The number of hydrogen-bond acceptors (Lipinski definition) is 2. The Hall–Kier alpha value is -0.800. The SMILES string of the molecule is Nc1cc(Cl)c(-c2c(Cl)cc(N)cc2Cl)c(Cl)c1. The third kappa shape index (κ3) is 2.47. The zero-order valence-electron chi connectivity index (χ0n) is 8.98. The monoisotopic (exact) mass is 320 g/mol. The van der Waals surface area contributed by atoms with Gasteiger partial charge in [0.15, 0.2) is 0 Å². The van der Waals surface area contributed by atoms with E-state index in [0.29, 0.717) is 42.6 Å². The van der Waals surface area contributed by atoms with Crippen molar-refractivity contribution in [1.29, 1.82) is 0 Å². The molecule has 0 fully saturated rings. The molecule has 0 atom stereocenters. The number of anilines is 2. The van der Waals surface area contributed by atoms with Gasteiger partial charge in [-0.2, -0.15) is 0 Å². The second-order valence-corrected chi connectivity index (χ2v) is 5.35. The summed E-state index contributed by atoms with van der Waals surface area (Å²) in [6, 6.07) is 6.36. The molecule has 0 heterocycles. The van der Waals surface area contributed by atoms with Crippen LogP contribution < -0.4 is 11.5 Å². The van der Waals surface area contributed by atoms with E-state index in [1.165, 1.54) is 0 Å². The molecule has 2 rings (SSSR count). The Labute approximate surface area is 124 Å². The van der Waals surface area contributed by atoms with Crippen LogP contribution in [-0.2, 0) is 0 Å². The molecule has 4 N–H and O–H groups in total. The molecule has 0 spiro atoms. The van der Waals surface area contributed by atoms with Gasteiger partial charge in [-0.15, -0.1) is 0 Å². The van der Waals surface area contributed by atoms with E-state index < -0.39 is 0 Å². The first-order valence-electron chi connectivity index (χ1n) is 4.89. The molecule has 0 aliphatic rings. The van der Waals surface area contributed by atoms with E-state index in [-0.39, 0.29) is 0 Å². The lowest BCUT2D eigenvalue weighted by atomic mass is 10.0. The van der Waals surface area contributed by atoms with Gasteiger partial charge in [-0.05, 0) is 24.3 Å². The quantitative estimate of drug-likeness (QED) is 0.715. The molecule has 0 saturated carbocycles. The van der Waals surface area contributed by atoms with Gasteiger partial charge in [-0.25, -0.2) is 0 Å². The van der Waals surface area contributed by atoms with E-state index in [1.807, 2.05) is 0 Å². The van der Waals surface area contributed by atoms with Crippen LogP contribution in [0.5, 0.6) is 0 Å². The molecular weight excluding hydrogens is 314 g/mol. The van der Waals surface area contributed by atoms with Crippen LogP contribution in [0.15, 0.2) is 24.3 Å². The van der Waals surface area contributed by atoms with Crippen molar-refractivity contribution < 1.29 is 0 Å². The van der Waals surface area contributed by atoms with E-state index >= 15 is 0 Å². The van der Waals surface area contributed by atoms with Gasteiger partial charge in [-0.1, -0.05) is 46.4 Å². The molecule has 6 heteroatoms. The highest BCUT2D eigenvalue weighted by molar-refractivity contribution is 6.44. The second-order valence-electron chi connectivity index (χ2n) is 3.72. The molecule has 0 aliphatic carbocycles. The van der Waals surface area contributed by atoms with Gasteiger partial charge in [0.05, 0.1) is 20.1 Å². The summed E-state index contributed by atoms with van der Waals surface area (Å²) in [5.74, 6) is 0. The Kier molecular flexibility index (Phi) is 3.83. The van der Waals surface area contributed by atoms with Crippen LogP contribution in [0.1, 0.15) is 0 Å². The molecule has 0 aliphatic heterocycles. The Morgan fingerprint density at radius 1 is 0.556 bits per heavy atom. The maximum Gasteiger partial charge on any atom is 0.0520 e. The zero-order chi connectivity index (χ0) is 13.4. The Bertz CT molecular complexity index is 524. The fourth-order valence-corrected chi connectivity index (χ4v) is 3.05. The maximum absolute atomic E-state index is 6.14. The highest BCUT2D eigenvalue weighted by Gasteiger charge is 2.16. The normalized spacial score (nSPS) is 10.7. The lowest BCUT2D eigenvalue weighted by molar-refractivity contribution is 1.60. The van der Waals surface area contributed by atoms with Crippen LogP contribution in [0.4, 0.5) is 11.4 Å². The van der Waals surface area contributed by atoms with Crippen molar-refractivity contribution in [1.82, 2.24) is 0 Å². The number of nitrogens with two attached hydrogens (primary N) is 2. The lowest BCUT2D eigenvalue weighted by Crippen LogP contribution is -1.92. The van der Waals surface area contributed by atoms with E-state index in [2.05, 4.69) is 0 Å². The summed E-state index contributed by atoms with van der Waals surface area (Å²) in [7, 11) is 0. The van der Waals surface area contributed by atoms with Crippen molar-refractivity contribution in [3.05, 3.63) is 44.4 Å². The topological polar surface area (TPSA) is 52.0 Å². The number of halogens is 4. The van der Waals surface area contributed by atoms with E-state index in [1.54, 1.807) is 24.3 Å². The molecule has 0 aromatic heterocycles. The Balaban J connectivity index is 2.78. The van der Waals surface area contributed by atoms with Gasteiger partial charge >= 0.3 is 0 Å². The van der Waals surface area contributed by atoms with Crippen LogP contribution in [0.3, 0.4) is 0 Å². The standard InChI is InChI=1S/C12H8Cl4N2/c13-7-1-5(17)2-8(14)11(7)12-9(15)3-6(18)4-10(12)16/h1-4H,17-18H2. The van der Waals surface area contributed by atoms with E-state index in [4.69, 9.17) is 57.9 Å². The number of rotatable bonds is 1. The molecule has 2 aromatic rings. The van der Waals surface area contributed by atoms with Gasteiger partial charge < -0.3 is 11.5 Å². The molecule has 2 aromatic carbocycles. The predicted octanol–water partition coefficient (Wildman–Crippen LogP) is 5.13. The molecule has 0 radical (unpaired) electrons. The Morgan fingerprint density at radius 3 is 1.00 bits per heavy atom. The first kappa shape index (κ1) is 13.6. The van der Waals surface area contributed by atoms with E-state index in [0.717, 1.165) is 0 Å². The molecule has 0 amide bonds. The zero-order valence-corrected chi connectivity index (χ0v) is 12.0. The summed E-state index contributed by atoms with van der Waals surface area (Å²) in [6.45, 7) is 0. The lowest BCUT2D eigenvalue weighted by Gasteiger charge is -2.12. The van der Waals surface area contributed by atoms with Crippen molar-refractivity contribution in [2.75, 3.05) is 11.5 Å². The van der Waals surface area contributed by atoms with Gasteiger partial charge in [0, 0.05) is 22.5 Å². The minimum atomic E-state index is 0.383. The molecule has 0 unspecified atom stereocenters. The van der Waals surface area contributed by atoms with Crippen LogP contribution in [0.2, 0.25) is 20.1 Å². The molecule has 18 heavy (non-hydrogen) atoms. The highest BCUT2D eigenvalue weighted by Crippen LogP contribution is 2.44. The summed E-state index contributed by atoms with van der Waals surface area (Å²) in [5, 5.41) is 1.53. The second kappa shape index (κ2) is 5.06. The molecule has 2 nitrogen and oxygen atoms in total. The van der Waals surface area contributed by atoms with Gasteiger partial charge in [-0.3, -0.25) is 0 Å². The number of hydrogen-bond donors (Lipinski definition) is 2. The van der Waals surface area contributed by atoms with E-state index in [9.17, 15) is 0 Å². The predicted molar refractivity (Wildman–Crippen MR) is 80.7 cm³/mol. The highest BCUT2D eigenvalue weighted by atomic mass is 35.5. The number of nitrogen functional groups attached to an aromatic ring is 2. The third-order valence-corrected chi connectivity index (χ3v) is 3.57. The Morgan fingerprint density at radius 2 is 0.778 bits per heavy atom. The minimum Gasteiger partial charge on any atom is -0.399 e. The summed E-state index contributed by atoms with van der Waals surface area (Å²) >= 11 is 24.6. The smallest absolute Gasteiger partial charge is 0.0520 e. The first-order valence-corrected chi connectivity index (χ1v) is 6.40. The van der Waals surface area contributed by atoms with Crippen molar-refractivity contribution in [3.8, 4) is 11.1 Å². The van der Waals surface area contributed by atoms with Crippen molar-refractivity contribution in [3.63, 3.8) is 0 Å². The average Bonchev–Trinajstić information content (AvgIpc) is 2.20. The van der Waals surface area contributed by atoms with Gasteiger partial charge in [0.1, 0.15) is 0 Å². The summed E-state index contributed by atoms with van der Waals surface area (Å²) in [5.41, 5.74) is 13.3. The van der Waals surface area contributed by atoms with Crippen molar-refractivity contribution in [2.45, 2.75) is 0 Å². The van der Waals surface area contributed by atoms with Crippen LogP contribution in [0.25, 0.3) is 11.1 Å². The van der Waals surface area contributed by atoms with Gasteiger partial charge in [0.2, 0.25) is 0 Å². The van der Waals surface area contributed by atoms with Crippen LogP contribution in [0, 0.1) is 0 Å². The van der Waals surface area contributed by atoms with Crippen molar-refractivity contribution >= 4 is 57.8 Å². The van der Waals surface area contributed by atoms with Gasteiger partial charge in [0.25, 0.3) is 0 Å². The molecule has 94 valence electrons. The van der Waals surface area contributed by atoms with Crippen LogP contribution in [-0.4, -0.2) is 0 Å². The number of benzene rings is 2. The fourth-order valence-electron chi connectivity index (χ4n) is 1.66.